The van der Waals surface area contributed by atoms with Gasteiger partial charge in [-0.15, -0.1) is 0 Å². The van der Waals surface area contributed by atoms with E-state index in [0.717, 1.165) is 0 Å². The van der Waals surface area contributed by atoms with Gasteiger partial charge in [-0.2, -0.15) is 8.42 Å². The number of hydrogen-bond acceptors (Lipinski definition) is 5. The lowest BCUT2D eigenvalue weighted by molar-refractivity contribution is -0.117. The van der Waals surface area contributed by atoms with Crippen LogP contribution in [0.1, 0.15) is 25.8 Å². The maximum absolute atomic E-state index is 12.1. The van der Waals surface area contributed by atoms with Gasteiger partial charge in [0.2, 0.25) is 0 Å². The second kappa shape index (κ2) is 4.44. The van der Waals surface area contributed by atoms with Crippen LogP contribution in [0.3, 0.4) is 0 Å². The molecular formula is C15H14O6S. The summed E-state index contributed by atoms with van der Waals surface area (Å²) in [7, 11) is -4.71. The molecule has 7 heteroatoms. The fourth-order valence-electron chi connectivity index (χ4n) is 2.75. The van der Waals surface area contributed by atoms with Crippen LogP contribution in [0.15, 0.2) is 34.4 Å². The van der Waals surface area contributed by atoms with Crippen LogP contribution in [-0.2, 0) is 14.9 Å². The van der Waals surface area contributed by atoms with Gasteiger partial charge >= 0.3 is 10.1 Å². The summed E-state index contributed by atoms with van der Waals surface area (Å²) in [5, 5.41) is 9.51. The number of carbonyl (C=O) groups is 1. The summed E-state index contributed by atoms with van der Waals surface area (Å²) in [4.78, 5) is 11.4. The van der Waals surface area contributed by atoms with E-state index < -0.39 is 26.2 Å². The number of allylic oxidation sites excluding steroid dienone is 2. The van der Waals surface area contributed by atoms with Crippen molar-refractivity contribution in [3.63, 3.8) is 0 Å². The maximum Gasteiger partial charge on any atom is 0.301 e. The van der Waals surface area contributed by atoms with Crippen LogP contribution in [0.4, 0.5) is 0 Å². The zero-order chi connectivity index (χ0) is 16.3. The molecule has 0 amide bonds. The maximum atomic E-state index is 12.1. The molecular weight excluding hydrogens is 308 g/mol. The molecule has 0 bridgehead atoms. The molecule has 6 nitrogen and oxygen atoms in total. The van der Waals surface area contributed by atoms with Crippen molar-refractivity contribution in [3.8, 4) is 11.5 Å². The molecule has 0 aromatic heterocycles. The summed E-state index contributed by atoms with van der Waals surface area (Å²) in [6.45, 7) is 3.60. The molecule has 3 rings (SSSR count). The van der Waals surface area contributed by atoms with Crippen LogP contribution in [-0.4, -0.2) is 23.9 Å². The van der Waals surface area contributed by atoms with E-state index in [0.29, 0.717) is 11.1 Å². The van der Waals surface area contributed by atoms with Gasteiger partial charge in [-0.05, 0) is 18.2 Å². The van der Waals surface area contributed by atoms with Gasteiger partial charge in [-0.3, -0.25) is 9.35 Å². The summed E-state index contributed by atoms with van der Waals surface area (Å²) in [5.74, 6) is -0.679. The van der Waals surface area contributed by atoms with Crippen LogP contribution in [0.2, 0.25) is 0 Å². The van der Waals surface area contributed by atoms with Crippen molar-refractivity contribution in [1.82, 2.24) is 0 Å². The molecule has 2 N–H and O–H groups in total. The Kier molecular flexibility index (Phi) is 2.99. The first-order chi connectivity index (χ1) is 10.1. The molecule has 22 heavy (non-hydrogen) atoms. The Hall–Kier alpha value is -2.12. The molecule has 1 aromatic rings. The molecule has 1 aromatic carbocycles. The van der Waals surface area contributed by atoms with Gasteiger partial charge in [0, 0.05) is 29.0 Å². The topological polar surface area (TPSA) is 101 Å². The van der Waals surface area contributed by atoms with Gasteiger partial charge in [0.05, 0.1) is 0 Å². The highest BCUT2D eigenvalue weighted by Gasteiger charge is 2.44. The lowest BCUT2D eigenvalue weighted by Gasteiger charge is -2.36. The number of rotatable bonds is 1. The second-order valence-electron chi connectivity index (χ2n) is 6.00. The van der Waals surface area contributed by atoms with Crippen LogP contribution in [0.25, 0.3) is 6.08 Å². The minimum absolute atomic E-state index is 0.0474. The minimum atomic E-state index is -4.71. The lowest BCUT2D eigenvalue weighted by atomic mass is 9.73. The molecule has 1 heterocycles. The first-order valence-electron chi connectivity index (χ1n) is 6.58. The molecule has 116 valence electrons. The Morgan fingerprint density at radius 2 is 1.95 bits per heavy atom. The molecule has 0 saturated carbocycles. The number of ketones is 1. The quantitative estimate of drug-likeness (QED) is 0.769. The second-order valence-corrected chi connectivity index (χ2v) is 7.36. The van der Waals surface area contributed by atoms with Gasteiger partial charge < -0.3 is 9.84 Å². The molecule has 1 aliphatic heterocycles. The van der Waals surface area contributed by atoms with E-state index in [1.807, 2.05) is 0 Å². The first kappa shape index (κ1) is 14.8. The van der Waals surface area contributed by atoms with Crippen molar-refractivity contribution in [1.29, 1.82) is 0 Å². The molecule has 0 spiro atoms. The summed E-state index contributed by atoms with van der Waals surface area (Å²) in [5.41, 5.74) is 0.558. The minimum Gasteiger partial charge on any atom is -0.508 e. The number of Topliss-reactive ketones (excluding diaryl/α,β-unsaturated/α-hetero) is 1. The van der Waals surface area contributed by atoms with E-state index in [9.17, 15) is 22.9 Å². The number of ether oxygens (including phenoxy) is 1. The van der Waals surface area contributed by atoms with E-state index in [1.165, 1.54) is 12.1 Å². The summed E-state index contributed by atoms with van der Waals surface area (Å²) in [6.07, 6.45) is 1.67. The number of aromatic hydroxyl groups is 1. The summed E-state index contributed by atoms with van der Waals surface area (Å²) >= 11 is 0. The molecule has 0 unspecified atom stereocenters. The van der Waals surface area contributed by atoms with E-state index >= 15 is 0 Å². The van der Waals surface area contributed by atoms with Crippen molar-refractivity contribution in [2.75, 3.05) is 0 Å². The van der Waals surface area contributed by atoms with Crippen LogP contribution < -0.4 is 4.74 Å². The highest BCUT2D eigenvalue weighted by molar-refractivity contribution is 7.90. The Bertz CT molecular complexity index is 858. The molecule has 0 atom stereocenters. The molecule has 0 saturated heterocycles. The fourth-order valence-corrected chi connectivity index (χ4v) is 3.50. The van der Waals surface area contributed by atoms with Crippen molar-refractivity contribution >= 4 is 22.0 Å². The number of phenols is 1. The highest BCUT2D eigenvalue weighted by atomic mass is 32.2. The van der Waals surface area contributed by atoms with Crippen LogP contribution >= 0.6 is 0 Å². The van der Waals surface area contributed by atoms with Gasteiger partial charge in [-0.25, -0.2) is 0 Å². The van der Waals surface area contributed by atoms with Crippen LogP contribution in [0.5, 0.6) is 11.5 Å². The van der Waals surface area contributed by atoms with Gasteiger partial charge in [0.25, 0.3) is 0 Å². The van der Waals surface area contributed by atoms with Gasteiger partial charge in [0.15, 0.2) is 16.4 Å². The van der Waals surface area contributed by atoms with Crippen LogP contribution in [0, 0.1) is 5.41 Å². The van der Waals surface area contributed by atoms with E-state index in [4.69, 9.17) is 4.74 Å². The Morgan fingerprint density at radius 3 is 2.59 bits per heavy atom. The highest BCUT2D eigenvalue weighted by Crippen LogP contribution is 2.48. The zero-order valence-electron chi connectivity index (χ0n) is 12.0. The molecule has 0 fully saturated rings. The summed E-state index contributed by atoms with van der Waals surface area (Å²) in [6, 6.07) is 4.44. The number of fused-ring (bicyclic) bond motifs is 2. The van der Waals surface area contributed by atoms with Crippen molar-refractivity contribution in [3.05, 3.63) is 40.0 Å². The van der Waals surface area contributed by atoms with E-state index in [2.05, 4.69) is 0 Å². The van der Waals surface area contributed by atoms with Gasteiger partial charge in [0.1, 0.15) is 11.5 Å². The average molecular weight is 322 g/mol. The number of carbonyl (C=O) groups excluding carboxylic acids is 1. The van der Waals surface area contributed by atoms with Gasteiger partial charge in [-0.1, -0.05) is 13.8 Å². The first-order valence-corrected chi connectivity index (χ1v) is 8.02. The number of benzene rings is 1. The number of hydrogen-bond donors (Lipinski definition) is 2. The third kappa shape index (κ3) is 2.22. The summed E-state index contributed by atoms with van der Waals surface area (Å²) < 4.78 is 38.0. The molecule has 1 aliphatic carbocycles. The predicted octanol–water partition coefficient (Wildman–Crippen LogP) is 2.27. The van der Waals surface area contributed by atoms with Crippen molar-refractivity contribution in [2.45, 2.75) is 20.3 Å². The third-order valence-electron chi connectivity index (χ3n) is 3.80. The normalized spacial score (nSPS) is 20.0. The van der Waals surface area contributed by atoms with E-state index in [1.54, 1.807) is 26.0 Å². The molecule has 2 aliphatic rings. The van der Waals surface area contributed by atoms with Crippen molar-refractivity contribution in [2.24, 2.45) is 5.41 Å². The predicted molar refractivity (Wildman–Crippen MR) is 78.7 cm³/mol. The van der Waals surface area contributed by atoms with E-state index in [-0.39, 0.29) is 23.7 Å². The zero-order valence-corrected chi connectivity index (χ0v) is 12.8. The Labute approximate surface area is 127 Å². The lowest BCUT2D eigenvalue weighted by Crippen LogP contribution is -2.34. The smallest absolute Gasteiger partial charge is 0.301 e. The average Bonchev–Trinajstić information content (AvgIpc) is 2.34. The standard InChI is InChI=1S/C15H14O6S/c1-15(2)7-11(17)14(22(18,19)20)13-10(15)5-8-3-4-9(16)6-12(8)21-13/h3-6,16H,7H2,1-2H3,(H,18,19,20). The Morgan fingerprint density at radius 1 is 1.27 bits per heavy atom. The third-order valence-corrected chi connectivity index (χ3v) is 4.73. The SMILES string of the molecule is CC1(C)CC(=O)C(S(=O)(=O)O)=C2Oc3cc(O)ccc3C=C21. The Balaban J connectivity index is 2.34. The largest absolute Gasteiger partial charge is 0.508 e. The number of phenolic OH excluding ortho intramolecular Hbond substituents is 1. The fraction of sp³-hybridized carbons (Fsp3) is 0.267. The van der Waals surface area contributed by atoms with Crippen molar-refractivity contribution < 1.29 is 27.6 Å². The molecule has 0 radical (unpaired) electrons. The monoisotopic (exact) mass is 322 g/mol.